The van der Waals surface area contributed by atoms with Gasteiger partial charge in [0.05, 0.1) is 5.56 Å². The predicted octanol–water partition coefficient (Wildman–Crippen LogP) is 1.74. The van der Waals surface area contributed by atoms with E-state index < -0.39 is 45.8 Å². The number of hydrogen-bond acceptors (Lipinski definition) is 9. The van der Waals surface area contributed by atoms with Crippen LogP contribution in [0.2, 0.25) is 0 Å². The molecule has 0 spiro atoms. The van der Waals surface area contributed by atoms with Gasteiger partial charge in [0.2, 0.25) is 11.2 Å². The SMILES string of the molecule is O=C(O)c1cc(C(=O)O)c2ooooooc2c1C(=O)O. The highest BCUT2D eigenvalue weighted by atomic mass is 17.5. The minimum Gasteiger partial charge on any atom is -0.478 e. The summed E-state index contributed by atoms with van der Waals surface area (Å²) in [4.78, 5) is 33.3. The van der Waals surface area contributed by atoms with Crippen LogP contribution in [-0.4, -0.2) is 33.2 Å². The molecular formula is C9H4O12. The quantitative estimate of drug-likeness (QED) is 0.696. The number of aromatic carboxylic acids is 3. The fraction of sp³-hybridized carbons (Fsp3) is 0. The molecule has 0 bridgehead atoms. The number of rotatable bonds is 3. The fourth-order valence-corrected chi connectivity index (χ4v) is 1.46. The molecule has 0 aliphatic rings. The molecule has 3 N–H and O–H groups in total. The van der Waals surface area contributed by atoms with Crippen molar-refractivity contribution in [2.24, 2.45) is 0 Å². The molecule has 1 aromatic heterocycles. The topological polar surface area (TPSA) is 191 Å². The molecule has 0 saturated carbocycles. The number of carbonyl (C=O) groups is 3. The van der Waals surface area contributed by atoms with E-state index >= 15 is 0 Å². The van der Waals surface area contributed by atoms with Gasteiger partial charge in [-0.1, -0.05) is 0 Å². The van der Waals surface area contributed by atoms with Gasteiger partial charge in [0.15, 0.2) is 0 Å². The zero-order valence-electron chi connectivity index (χ0n) is 9.59. The van der Waals surface area contributed by atoms with Crippen LogP contribution in [0.5, 0.6) is 0 Å². The van der Waals surface area contributed by atoms with Crippen molar-refractivity contribution in [3.63, 3.8) is 0 Å². The summed E-state index contributed by atoms with van der Waals surface area (Å²) in [5, 5.41) is 27.0. The zero-order valence-corrected chi connectivity index (χ0v) is 9.59. The lowest BCUT2D eigenvalue weighted by molar-refractivity contribution is -0.412. The lowest BCUT2D eigenvalue weighted by atomic mass is 10.0. The Hall–Kier alpha value is -3.57. The van der Waals surface area contributed by atoms with E-state index in [2.05, 4.69) is 28.1 Å². The molecular weight excluding hydrogens is 300 g/mol. The number of hydrogen-bond donors (Lipinski definition) is 3. The summed E-state index contributed by atoms with van der Waals surface area (Å²) >= 11 is 0. The van der Waals surface area contributed by atoms with E-state index in [1.807, 2.05) is 0 Å². The third-order valence-electron chi connectivity index (χ3n) is 2.23. The standard InChI is InChI=1S/C9H4O12/c10-7(11)2-1-3(8(12)13)5-6(4(2)9(14)15)17-19-21-20-18-16-5/h1H,(H,10,11)(H,12,13)(H,14,15). The third-order valence-corrected chi connectivity index (χ3v) is 2.23. The van der Waals surface area contributed by atoms with E-state index in [0.717, 1.165) is 0 Å². The summed E-state index contributed by atoms with van der Waals surface area (Å²) in [5.41, 5.74) is -4.30. The van der Waals surface area contributed by atoms with Crippen molar-refractivity contribution in [2.45, 2.75) is 0 Å². The van der Waals surface area contributed by atoms with Crippen molar-refractivity contribution in [3.05, 3.63) is 22.8 Å². The van der Waals surface area contributed by atoms with Gasteiger partial charge in [-0.05, 0) is 25.0 Å². The molecule has 1 heterocycles. The van der Waals surface area contributed by atoms with E-state index in [1.165, 1.54) is 0 Å². The Bertz CT molecular complexity index is 794. The first-order valence-electron chi connectivity index (χ1n) is 4.85. The normalized spacial score (nSPS) is 10.1. The van der Waals surface area contributed by atoms with Crippen LogP contribution in [0.4, 0.5) is 0 Å². The van der Waals surface area contributed by atoms with Crippen LogP contribution in [0, 0.1) is 0 Å². The van der Waals surface area contributed by atoms with E-state index in [0.29, 0.717) is 6.07 Å². The monoisotopic (exact) mass is 304 g/mol. The summed E-state index contributed by atoms with van der Waals surface area (Å²) in [6.45, 7) is 0. The van der Waals surface area contributed by atoms with Crippen molar-refractivity contribution < 1.29 is 57.8 Å². The highest BCUT2D eigenvalue weighted by Gasteiger charge is 2.28. The molecule has 1 aromatic carbocycles. The van der Waals surface area contributed by atoms with Crippen LogP contribution >= 0.6 is 0 Å². The van der Waals surface area contributed by atoms with Gasteiger partial charge in [-0.2, -0.15) is 0 Å². The number of carboxylic acid groups (broad SMARTS) is 3. The van der Waals surface area contributed by atoms with Gasteiger partial charge >= 0.3 is 17.9 Å². The van der Waals surface area contributed by atoms with Gasteiger partial charge in [0, 0.05) is 0 Å². The van der Waals surface area contributed by atoms with Gasteiger partial charge in [0.1, 0.15) is 11.1 Å². The summed E-state index contributed by atoms with van der Waals surface area (Å²) < 4.78 is 23.9. The molecule has 21 heavy (non-hydrogen) atoms. The van der Waals surface area contributed by atoms with Crippen LogP contribution < -0.4 is 0 Å². The summed E-state index contributed by atoms with van der Waals surface area (Å²) in [7, 11) is 0. The van der Waals surface area contributed by atoms with Crippen molar-refractivity contribution >= 4 is 29.1 Å². The van der Waals surface area contributed by atoms with E-state index in [-0.39, 0.29) is 0 Å². The maximum atomic E-state index is 11.2. The first-order valence-corrected chi connectivity index (χ1v) is 4.85. The Labute approximate surface area is 111 Å². The summed E-state index contributed by atoms with van der Waals surface area (Å²) in [5.74, 6) is -5.13. The van der Waals surface area contributed by atoms with Crippen LogP contribution in [0.15, 0.2) is 34.2 Å². The Morgan fingerprint density at radius 2 is 1.24 bits per heavy atom. The molecule has 12 heteroatoms. The number of fused-ring (bicyclic) bond motifs is 1. The minimum atomic E-state index is -1.76. The second-order valence-corrected chi connectivity index (χ2v) is 3.36. The maximum Gasteiger partial charge on any atom is 0.340 e. The highest BCUT2D eigenvalue weighted by molar-refractivity contribution is 6.13. The number of carboxylic acids is 3. The van der Waals surface area contributed by atoms with E-state index in [4.69, 9.17) is 15.3 Å². The van der Waals surface area contributed by atoms with E-state index in [1.54, 1.807) is 0 Å². The predicted molar refractivity (Wildman–Crippen MR) is 53.7 cm³/mol. The Morgan fingerprint density at radius 1 is 0.714 bits per heavy atom. The molecule has 0 amide bonds. The van der Waals surface area contributed by atoms with Gasteiger partial charge in [0.25, 0.3) is 0 Å². The Balaban J connectivity index is 3.11. The first kappa shape index (κ1) is 13.9. The Kier molecular flexibility index (Phi) is 3.43. The van der Waals surface area contributed by atoms with Gasteiger partial charge < -0.3 is 15.3 Å². The van der Waals surface area contributed by atoms with Crippen molar-refractivity contribution in [1.82, 2.24) is 0 Å². The Morgan fingerprint density at radius 3 is 1.71 bits per heavy atom. The second-order valence-electron chi connectivity index (χ2n) is 3.36. The van der Waals surface area contributed by atoms with Crippen molar-refractivity contribution in [2.75, 3.05) is 0 Å². The lowest BCUT2D eigenvalue weighted by Crippen LogP contribution is -2.11. The third kappa shape index (κ3) is 2.44. The van der Waals surface area contributed by atoms with Crippen LogP contribution in [0.1, 0.15) is 31.1 Å². The van der Waals surface area contributed by atoms with Gasteiger partial charge in [-0.15, -0.1) is 0 Å². The fourth-order valence-electron chi connectivity index (χ4n) is 1.46. The largest absolute Gasteiger partial charge is 0.478 e. The molecule has 0 atom stereocenters. The average molecular weight is 304 g/mol. The first-order chi connectivity index (χ1) is 9.93. The molecule has 0 aliphatic heterocycles. The van der Waals surface area contributed by atoms with E-state index in [9.17, 15) is 14.4 Å². The average Bonchev–Trinajstić information content (AvgIpc) is 2.36. The summed E-state index contributed by atoms with van der Waals surface area (Å²) in [6, 6.07) is 0.544. The van der Waals surface area contributed by atoms with Crippen LogP contribution in [0.3, 0.4) is 0 Å². The molecule has 2 rings (SSSR count). The molecule has 0 unspecified atom stereocenters. The molecule has 0 fully saturated rings. The highest BCUT2D eigenvalue weighted by Crippen LogP contribution is 2.26. The smallest absolute Gasteiger partial charge is 0.340 e. The molecule has 0 aliphatic carbocycles. The second kappa shape index (κ2) is 5.20. The molecule has 12 nitrogen and oxygen atoms in total. The van der Waals surface area contributed by atoms with Crippen molar-refractivity contribution in [1.29, 1.82) is 0 Å². The summed E-state index contributed by atoms with van der Waals surface area (Å²) in [6.07, 6.45) is 0. The molecule has 2 aromatic rings. The van der Waals surface area contributed by atoms with Crippen molar-refractivity contribution in [3.8, 4) is 0 Å². The lowest BCUT2D eigenvalue weighted by Gasteiger charge is -2.03. The molecule has 112 valence electrons. The molecule has 0 saturated heterocycles. The molecule has 0 radical (unpaired) electrons. The minimum absolute atomic E-state index is 0.544. The zero-order chi connectivity index (χ0) is 15.6. The van der Waals surface area contributed by atoms with Crippen LogP contribution in [-0.2, 0) is 0 Å². The van der Waals surface area contributed by atoms with Gasteiger partial charge in [-0.3, -0.25) is 0 Å². The van der Waals surface area contributed by atoms with Crippen LogP contribution in [0.25, 0.3) is 11.2 Å². The number of benzene rings is 1. The van der Waals surface area contributed by atoms with Gasteiger partial charge in [-0.25, -0.2) is 23.5 Å². The maximum absolute atomic E-state index is 11.2.